The predicted octanol–water partition coefficient (Wildman–Crippen LogP) is 4.49. The topological polar surface area (TPSA) is 12.5 Å². The fraction of sp³-hybridized carbons (Fsp3) is 0.600. The molecule has 19 heavy (non-hydrogen) atoms. The number of ether oxygens (including phenoxy) is 1. The van der Waals surface area contributed by atoms with Gasteiger partial charge in [-0.1, -0.05) is 40.5 Å². The molecule has 0 aromatic heterocycles. The number of rotatable bonds is 5. The van der Waals surface area contributed by atoms with Crippen molar-refractivity contribution >= 4 is 27.5 Å². The lowest BCUT2D eigenvalue weighted by Gasteiger charge is -2.32. The minimum Gasteiger partial charge on any atom is -0.377 e. The number of benzene rings is 1. The van der Waals surface area contributed by atoms with Crippen LogP contribution in [0.4, 0.5) is 0 Å². The van der Waals surface area contributed by atoms with Gasteiger partial charge in [0.15, 0.2) is 0 Å². The second-order valence-electron chi connectivity index (χ2n) is 5.11. The SMILES string of the molecule is CCCOC1CCCN(Cc2ccc(Br)cc2Cl)C1. The van der Waals surface area contributed by atoms with Crippen LogP contribution >= 0.6 is 27.5 Å². The van der Waals surface area contributed by atoms with E-state index in [0.29, 0.717) is 6.10 Å². The largest absolute Gasteiger partial charge is 0.377 e. The number of hydrogen-bond donors (Lipinski definition) is 0. The van der Waals surface area contributed by atoms with Crippen LogP contribution in [-0.4, -0.2) is 30.7 Å². The summed E-state index contributed by atoms with van der Waals surface area (Å²) in [6, 6.07) is 6.12. The van der Waals surface area contributed by atoms with Gasteiger partial charge in [0.2, 0.25) is 0 Å². The molecule has 1 aliphatic heterocycles. The van der Waals surface area contributed by atoms with Gasteiger partial charge in [0.05, 0.1) is 6.10 Å². The van der Waals surface area contributed by atoms with Crippen molar-refractivity contribution in [2.24, 2.45) is 0 Å². The van der Waals surface area contributed by atoms with Crippen LogP contribution in [0.2, 0.25) is 5.02 Å². The third-order valence-corrected chi connectivity index (χ3v) is 4.27. The van der Waals surface area contributed by atoms with Crippen LogP contribution in [0.15, 0.2) is 22.7 Å². The summed E-state index contributed by atoms with van der Waals surface area (Å²) in [6.07, 6.45) is 3.88. The molecular formula is C15H21BrClNO. The molecule has 1 aromatic carbocycles. The Morgan fingerprint density at radius 3 is 3.05 bits per heavy atom. The number of piperidine rings is 1. The molecule has 0 aliphatic carbocycles. The molecule has 1 aliphatic rings. The Balaban J connectivity index is 1.91. The summed E-state index contributed by atoms with van der Waals surface area (Å²) in [5.74, 6) is 0. The maximum absolute atomic E-state index is 6.28. The first-order valence-corrected chi connectivity index (χ1v) is 8.14. The van der Waals surface area contributed by atoms with Crippen LogP contribution in [0.1, 0.15) is 31.7 Å². The molecule has 1 heterocycles. The van der Waals surface area contributed by atoms with E-state index in [1.165, 1.54) is 18.4 Å². The summed E-state index contributed by atoms with van der Waals surface area (Å²) >= 11 is 9.72. The van der Waals surface area contributed by atoms with Crippen molar-refractivity contribution in [2.45, 2.75) is 38.8 Å². The van der Waals surface area contributed by atoms with Crippen molar-refractivity contribution in [3.8, 4) is 0 Å². The number of likely N-dealkylation sites (tertiary alicyclic amines) is 1. The maximum atomic E-state index is 6.28. The highest BCUT2D eigenvalue weighted by Gasteiger charge is 2.20. The zero-order valence-electron chi connectivity index (χ0n) is 11.4. The molecule has 0 N–H and O–H groups in total. The van der Waals surface area contributed by atoms with Gasteiger partial charge in [-0.25, -0.2) is 0 Å². The number of halogens is 2. The van der Waals surface area contributed by atoms with Crippen LogP contribution in [0.5, 0.6) is 0 Å². The molecule has 1 atom stereocenters. The molecule has 1 fully saturated rings. The standard InChI is InChI=1S/C15H21BrClNO/c1-2-8-19-14-4-3-7-18(11-14)10-12-5-6-13(16)9-15(12)17/h5-6,9,14H,2-4,7-8,10-11H2,1H3. The van der Waals surface area contributed by atoms with Crippen LogP contribution < -0.4 is 0 Å². The molecular weight excluding hydrogens is 326 g/mol. The normalized spacial score (nSPS) is 20.7. The zero-order valence-corrected chi connectivity index (χ0v) is 13.7. The third kappa shape index (κ3) is 4.75. The molecule has 2 rings (SSSR count). The Labute approximate surface area is 129 Å². The van der Waals surface area contributed by atoms with Crippen molar-refractivity contribution in [3.63, 3.8) is 0 Å². The lowest BCUT2D eigenvalue weighted by molar-refractivity contribution is -0.00222. The Bertz CT molecular complexity index is 413. The molecule has 0 spiro atoms. The van der Waals surface area contributed by atoms with Crippen molar-refractivity contribution in [3.05, 3.63) is 33.3 Å². The van der Waals surface area contributed by atoms with Crippen molar-refractivity contribution in [1.82, 2.24) is 4.90 Å². The predicted molar refractivity (Wildman–Crippen MR) is 83.7 cm³/mol. The first-order chi connectivity index (χ1) is 9.19. The second kappa shape index (κ2) is 7.63. The van der Waals surface area contributed by atoms with E-state index in [0.717, 1.165) is 42.2 Å². The van der Waals surface area contributed by atoms with Gasteiger partial charge in [0.1, 0.15) is 0 Å². The molecule has 0 amide bonds. The van der Waals surface area contributed by atoms with E-state index in [9.17, 15) is 0 Å². The van der Waals surface area contributed by atoms with Crippen molar-refractivity contribution in [1.29, 1.82) is 0 Å². The number of nitrogens with zero attached hydrogens (tertiary/aromatic N) is 1. The van der Waals surface area contributed by atoms with Gasteiger partial charge in [0, 0.05) is 29.2 Å². The molecule has 0 radical (unpaired) electrons. The highest BCUT2D eigenvalue weighted by Crippen LogP contribution is 2.24. The zero-order chi connectivity index (χ0) is 13.7. The average molecular weight is 347 g/mol. The minimum absolute atomic E-state index is 0.392. The van der Waals surface area contributed by atoms with Crippen LogP contribution in [0.3, 0.4) is 0 Å². The van der Waals surface area contributed by atoms with E-state index in [2.05, 4.69) is 39.9 Å². The lowest BCUT2D eigenvalue weighted by Crippen LogP contribution is -2.39. The summed E-state index contributed by atoms with van der Waals surface area (Å²) in [4.78, 5) is 2.44. The Morgan fingerprint density at radius 1 is 1.47 bits per heavy atom. The Morgan fingerprint density at radius 2 is 2.32 bits per heavy atom. The van der Waals surface area contributed by atoms with Crippen molar-refractivity contribution in [2.75, 3.05) is 19.7 Å². The lowest BCUT2D eigenvalue weighted by atomic mass is 10.1. The smallest absolute Gasteiger partial charge is 0.0702 e. The van der Waals surface area contributed by atoms with Gasteiger partial charge < -0.3 is 4.74 Å². The van der Waals surface area contributed by atoms with Crippen LogP contribution in [0, 0.1) is 0 Å². The van der Waals surface area contributed by atoms with E-state index in [1.807, 2.05) is 6.07 Å². The van der Waals surface area contributed by atoms with Gasteiger partial charge in [0.25, 0.3) is 0 Å². The van der Waals surface area contributed by atoms with Gasteiger partial charge in [-0.05, 0) is 43.5 Å². The fourth-order valence-electron chi connectivity index (χ4n) is 2.47. The Hall–Kier alpha value is -0.0900. The van der Waals surface area contributed by atoms with Crippen molar-refractivity contribution < 1.29 is 4.74 Å². The molecule has 106 valence electrons. The van der Waals surface area contributed by atoms with Gasteiger partial charge in [-0.2, -0.15) is 0 Å². The van der Waals surface area contributed by atoms with E-state index in [1.54, 1.807) is 0 Å². The van der Waals surface area contributed by atoms with Crippen LogP contribution in [-0.2, 0) is 11.3 Å². The van der Waals surface area contributed by atoms with E-state index < -0.39 is 0 Å². The summed E-state index contributed by atoms with van der Waals surface area (Å²) in [6.45, 7) is 6.10. The number of hydrogen-bond acceptors (Lipinski definition) is 2. The third-order valence-electron chi connectivity index (χ3n) is 3.43. The molecule has 4 heteroatoms. The summed E-state index contributed by atoms with van der Waals surface area (Å²) in [5, 5.41) is 0.839. The minimum atomic E-state index is 0.392. The molecule has 1 saturated heterocycles. The van der Waals surface area contributed by atoms with Gasteiger partial charge in [-0.3, -0.25) is 4.90 Å². The highest BCUT2D eigenvalue weighted by molar-refractivity contribution is 9.10. The molecule has 2 nitrogen and oxygen atoms in total. The molecule has 0 saturated carbocycles. The quantitative estimate of drug-likeness (QED) is 0.778. The summed E-state index contributed by atoms with van der Waals surface area (Å²) in [7, 11) is 0. The fourth-order valence-corrected chi connectivity index (χ4v) is 3.20. The highest BCUT2D eigenvalue weighted by atomic mass is 79.9. The monoisotopic (exact) mass is 345 g/mol. The first kappa shape index (κ1) is 15.3. The second-order valence-corrected chi connectivity index (χ2v) is 6.43. The molecule has 1 aromatic rings. The first-order valence-electron chi connectivity index (χ1n) is 6.97. The summed E-state index contributed by atoms with van der Waals surface area (Å²) in [5.41, 5.74) is 1.20. The molecule has 0 bridgehead atoms. The van der Waals surface area contributed by atoms with E-state index in [4.69, 9.17) is 16.3 Å². The van der Waals surface area contributed by atoms with Crippen LogP contribution in [0.25, 0.3) is 0 Å². The maximum Gasteiger partial charge on any atom is 0.0702 e. The van der Waals surface area contributed by atoms with Gasteiger partial charge in [-0.15, -0.1) is 0 Å². The average Bonchev–Trinajstić information content (AvgIpc) is 2.40. The Kier molecular flexibility index (Phi) is 6.14. The summed E-state index contributed by atoms with van der Waals surface area (Å²) < 4.78 is 6.90. The van der Waals surface area contributed by atoms with Gasteiger partial charge >= 0.3 is 0 Å². The van der Waals surface area contributed by atoms with E-state index >= 15 is 0 Å². The molecule has 1 unspecified atom stereocenters. The van der Waals surface area contributed by atoms with E-state index in [-0.39, 0.29) is 0 Å².